The van der Waals surface area contributed by atoms with Crippen LogP contribution in [0.15, 0.2) is 48.5 Å². The zero-order valence-corrected chi connectivity index (χ0v) is 14.2. The maximum Gasteiger partial charge on any atom is 0.315 e. The van der Waals surface area contributed by atoms with E-state index in [1.807, 2.05) is 0 Å². The highest BCUT2D eigenvalue weighted by Gasteiger charge is 2.46. The van der Waals surface area contributed by atoms with Crippen molar-refractivity contribution in [1.29, 1.82) is 0 Å². The zero-order chi connectivity index (χ0) is 18.9. The number of halogens is 2. The lowest BCUT2D eigenvalue weighted by molar-refractivity contribution is -0.143. The van der Waals surface area contributed by atoms with Gasteiger partial charge < -0.3 is 10.4 Å². The predicted octanol–water partition coefficient (Wildman–Crippen LogP) is 3.23. The average Bonchev–Trinajstić information content (AvgIpc) is 3.43. The van der Waals surface area contributed by atoms with E-state index in [0.29, 0.717) is 12.0 Å². The van der Waals surface area contributed by atoms with E-state index >= 15 is 0 Å². The molecule has 6 heteroatoms. The van der Waals surface area contributed by atoms with Crippen molar-refractivity contribution < 1.29 is 23.5 Å². The van der Waals surface area contributed by atoms with Crippen molar-refractivity contribution in [2.45, 2.75) is 24.7 Å². The maximum atomic E-state index is 13.8. The summed E-state index contributed by atoms with van der Waals surface area (Å²) in [4.78, 5) is 24.1. The molecule has 3 unspecified atom stereocenters. The van der Waals surface area contributed by atoms with E-state index in [4.69, 9.17) is 0 Å². The van der Waals surface area contributed by atoms with Crippen molar-refractivity contribution in [1.82, 2.24) is 5.32 Å². The van der Waals surface area contributed by atoms with E-state index in [0.717, 1.165) is 6.07 Å². The Hall–Kier alpha value is -2.76. The van der Waals surface area contributed by atoms with Gasteiger partial charge in [-0.05, 0) is 36.5 Å². The normalized spacial score (nSPS) is 20.9. The van der Waals surface area contributed by atoms with Gasteiger partial charge in [-0.15, -0.1) is 0 Å². The summed E-state index contributed by atoms with van der Waals surface area (Å²) >= 11 is 0. The third kappa shape index (κ3) is 3.31. The van der Waals surface area contributed by atoms with Crippen molar-refractivity contribution in [3.63, 3.8) is 0 Å². The first-order valence-electron chi connectivity index (χ1n) is 8.35. The minimum atomic E-state index is -1.27. The van der Waals surface area contributed by atoms with Crippen LogP contribution in [0, 0.1) is 17.6 Å². The highest BCUT2D eigenvalue weighted by Crippen LogP contribution is 2.48. The molecule has 2 N–H and O–H groups in total. The van der Waals surface area contributed by atoms with E-state index in [2.05, 4.69) is 5.32 Å². The third-order valence-corrected chi connectivity index (χ3v) is 5.01. The molecule has 0 spiro atoms. The summed E-state index contributed by atoms with van der Waals surface area (Å²) in [5.74, 6) is -4.10. The summed E-state index contributed by atoms with van der Waals surface area (Å²) in [5, 5.41) is 12.3. The fraction of sp³-hybridized carbons (Fsp3) is 0.300. The number of carboxylic acid groups (broad SMARTS) is 1. The molecule has 0 bridgehead atoms. The van der Waals surface area contributed by atoms with Gasteiger partial charge in [0.15, 0.2) is 11.6 Å². The van der Waals surface area contributed by atoms with E-state index in [1.165, 1.54) is 12.1 Å². The number of hydrogen-bond donors (Lipinski definition) is 2. The largest absolute Gasteiger partial charge is 0.481 e. The third-order valence-electron chi connectivity index (χ3n) is 5.01. The van der Waals surface area contributed by atoms with Crippen LogP contribution in [-0.4, -0.2) is 23.5 Å². The van der Waals surface area contributed by atoms with E-state index in [9.17, 15) is 23.5 Å². The Labute approximate surface area is 149 Å². The van der Waals surface area contributed by atoms with Crippen LogP contribution in [-0.2, 0) is 15.0 Å². The number of aliphatic carboxylic acids is 1. The molecule has 1 fully saturated rings. The van der Waals surface area contributed by atoms with E-state index < -0.39 is 28.9 Å². The molecule has 2 aromatic rings. The average molecular weight is 359 g/mol. The summed E-state index contributed by atoms with van der Waals surface area (Å²) in [6.45, 7) is 1.46. The minimum Gasteiger partial charge on any atom is -0.481 e. The summed E-state index contributed by atoms with van der Waals surface area (Å²) in [6, 6.07) is 12.6. The van der Waals surface area contributed by atoms with Crippen LogP contribution in [0.4, 0.5) is 8.78 Å². The lowest BCUT2D eigenvalue weighted by Gasteiger charge is -2.25. The molecular weight excluding hydrogens is 340 g/mol. The Morgan fingerprint density at radius 3 is 2.50 bits per heavy atom. The molecule has 3 atom stereocenters. The fourth-order valence-corrected chi connectivity index (χ4v) is 3.14. The van der Waals surface area contributed by atoms with Gasteiger partial charge in [0.2, 0.25) is 5.91 Å². The summed E-state index contributed by atoms with van der Waals surface area (Å²) in [5.41, 5.74) is -0.503. The lowest BCUT2D eigenvalue weighted by atomic mass is 9.82. The van der Waals surface area contributed by atoms with Crippen LogP contribution < -0.4 is 5.32 Å². The minimum absolute atomic E-state index is 0.0833. The molecule has 0 heterocycles. The van der Waals surface area contributed by atoms with Crippen LogP contribution in [0.3, 0.4) is 0 Å². The molecule has 4 nitrogen and oxygen atoms in total. The first-order chi connectivity index (χ1) is 12.3. The summed E-state index contributed by atoms with van der Waals surface area (Å²) < 4.78 is 27.2. The predicted molar refractivity (Wildman–Crippen MR) is 91.6 cm³/mol. The highest BCUT2D eigenvalue weighted by atomic mass is 19.2. The molecule has 26 heavy (non-hydrogen) atoms. The maximum absolute atomic E-state index is 13.8. The number of carboxylic acids is 1. The Morgan fingerprint density at radius 2 is 1.85 bits per heavy atom. The standard InChI is InChI=1S/C20H19F2NO3/c1-20(19(25)26,12-6-3-2-4-7-12)11-23-18(24)15-10-14(15)13-8-5-9-16(21)17(13)22/h2-9,14-15H,10-11H2,1H3,(H,23,24)(H,25,26). The number of carbonyl (C=O) groups is 2. The van der Waals surface area contributed by atoms with Crippen LogP contribution in [0.1, 0.15) is 30.4 Å². The Balaban J connectivity index is 1.67. The van der Waals surface area contributed by atoms with Gasteiger partial charge in [0, 0.05) is 12.5 Å². The molecule has 1 amide bonds. The molecule has 0 aliphatic heterocycles. The van der Waals surface area contributed by atoms with Crippen LogP contribution in [0.5, 0.6) is 0 Å². The van der Waals surface area contributed by atoms with Gasteiger partial charge in [0.05, 0.1) is 0 Å². The molecule has 2 aromatic carbocycles. The van der Waals surface area contributed by atoms with E-state index in [-0.39, 0.29) is 23.9 Å². The van der Waals surface area contributed by atoms with Gasteiger partial charge in [-0.1, -0.05) is 42.5 Å². The topological polar surface area (TPSA) is 66.4 Å². The van der Waals surface area contributed by atoms with Crippen molar-refractivity contribution in [3.05, 3.63) is 71.3 Å². The van der Waals surface area contributed by atoms with Gasteiger partial charge in [-0.25, -0.2) is 8.78 Å². The second kappa shape index (κ2) is 6.86. The van der Waals surface area contributed by atoms with Crippen molar-refractivity contribution in [3.8, 4) is 0 Å². The number of benzene rings is 2. The smallest absolute Gasteiger partial charge is 0.315 e. The quantitative estimate of drug-likeness (QED) is 0.832. The molecule has 136 valence electrons. The fourth-order valence-electron chi connectivity index (χ4n) is 3.14. The number of rotatable bonds is 6. The Bertz CT molecular complexity index is 840. The number of hydrogen-bond acceptors (Lipinski definition) is 2. The first-order valence-corrected chi connectivity index (χ1v) is 8.35. The Kier molecular flexibility index (Phi) is 4.76. The molecule has 3 rings (SSSR count). The summed E-state index contributed by atoms with van der Waals surface area (Å²) in [6.07, 6.45) is 0.418. The van der Waals surface area contributed by atoms with E-state index in [1.54, 1.807) is 37.3 Å². The summed E-state index contributed by atoms with van der Waals surface area (Å²) in [7, 11) is 0. The van der Waals surface area contributed by atoms with Gasteiger partial charge in [0.1, 0.15) is 5.41 Å². The second-order valence-electron chi connectivity index (χ2n) is 6.81. The van der Waals surface area contributed by atoms with Gasteiger partial charge >= 0.3 is 5.97 Å². The van der Waals surface area contributed by atoms with Gasteiger partial charge in [0.25, 0.3) is 0 Å². The van der Waals surface area contributed by atoms with Gasteiger partial charge in [-0.2, -0.15) is 0 Å². The molecule has 0 saturated heterocycles. The molecule has 1 aliphatic carbocycles. The van der Waals surface area contributed by atoms with Crippen molar-refractivity contribution in [2.75, 3.05) is 6.54 Å². The van der Waals surface area contributed by atoms with Crippen LogP contribution in [0.25, 0.3) is 0 Å². The highest BCUT2D eigenvalue weighted by molar-refractivity contribution is 5.85. The first kappa shape index (κ1) is 18.0. The van der Waals surface area contributed by atoms with Crippen LogP contribution >= 0.6 is 0 Å². The lowest BCUT2D eigenvalue weighted by Crippen LogP contribution is -2.44. The number of carbonyl (C=O) groups excluding carboxylic acids is 1. The van der Waals surface area contributed by atoms with Gasteiger partial charge in [-0.3, -0.25) is 9.59 Å². The zero-order valence-electron chi connectivity index (χ0n) is 14.2. The molecule has 0 aromatic heterocycles. The SMILES string of the molecule is CC(CNC(=O)C1CC1c1cccc(F)c1F)(C(=O)O)c1ccccc1. The molecule has 0 radical (unpaired) electrons. The number of amides is 1. The van der Waals surface area contributed by atoms with Crippen molar-refractivity contribution >= 4 is 11.9 Å². The molecular formula is C20H19F2NO3. The van der Waals surface area contributed by atoms with Crippen LogP contribution in [0.2, 0.25) is 0 Å². The monoisotopic (exact) mass is 359 g/mol. The Morgan fingerprint density at radius 1 is 1.15 bits per heavy atom. The molecule has 1 saturated carbocycles. The number of nitrogens with one attached hydrogen (secondary N) is 1. The van der Waals surface area contributed by atoms with Crippen molar-refractivity contribution in [2.24, 2.45) is 5.92 Å². The second-order valence-corrected chi connectivity index (χ2v) is 6.81. The molecule has 1 aliphatic rings.